The lowest BCUT2D eigenvalue weighted by molar-refractivity contribution is -0.167. The summed E-state index contributed by atoms with van der Waals surface area (Å²) in [7, 11) is 0. The molecule has 152 valence electrons. The molecule has 1 aliphatic carbocycles. The zero-order valence-electron chi connectivity index (χ0n) is 16.2. The molecule has 0 spiro atoms. The van der Waals surface area contributed by atoms with E-state index in [1.165, 1.54) is 5.01 Å². The molecule has 1 aliphatic heterocycles. The van der Waals surface area contributed by atoms with Gasteiger partial charge in [0, 0.05) is 13.1 Å². The first kappa shape index (κ1) is 20.3. The summed E-state index contributed by atoms with van der Waals surface area (Å²) < 4.78 is 0. The van der Waals surface area contributed by atoms with Crippen molar-refractivity contribution in [3.63, 3.8) is 0 Å². The Kier molecular flexibility index (Phi) is 7.03. The number of carbonyl (C=O) groups excluding carboxylic acids is 3. The summed E-state index contributed by atoms with van der Waals surface area (Å²) >= 11 is 0. The van der Waals surface area contributed by atoms with Gasteiger partial charge in [0.1, 0.15) is 0 Å². The minimum atomic E-state index is -0.497. The summed E-state index contributed by atoms with van der Waals surface area (Å²) in [5.74, 6) is -0.340. The van der Waals surface area contributed by atoms with E-state index in [2.05, 4.69) is 0 Å². The van der Waals surface area contributed by atoms with Crippen molar-refractivity contribution >= 4 is 18.2 Å². The average Bonchev–Trinajstić information content (AvgIpc) is 3.39. The smallest absolute Gasteiger partial charge is 0.246 e. The van der Waals surface area contributed by atoms with Crippen LogP contribution in [0.25, 0.3) is 0 Å². The third-order valence-electron chi connectivity index (χ3n) is 5.74. The van der Waals surface area contributed by atoms with Gasteiger partial charge in [-0.25, -0.2) is 5.06 Å². The largest absolute Gasteiger partial charge is 0.286 e. The molecular formula is C21H29N3O4. The van der Waals surface area contributed by atoms with Gasteiger partial charge in [-0.15, -0.1) is 0 Å². The quantitative estimate of drug-likeness (QED) is 0.421. The topological polar surface area (TPSA) is 81.2 Å². The molecule has 2 aliphatic rings. The van der Waals surface area contributed by atoms with E-state index in [0.717, 1.165) is 37.7 Å². The van der Waals surface area contributed by atoms with Gasteiger partial charge in [-0.05, 0) is 24.3 Å². The molecule has 1 atom stereocenters. The molecule has 0 radical (unpaired) electrons. The van der Waals surface area contributed by atoms with Crippen molar-refractivity contribution in [3.8, 4) is 0 Å². The standard InChI is InChI=1S/C21H29N3O4/c25-16-22(28)15-19(13-17-9-4-5-10-17)21(27)24-12-6-11-23(24)20(26)14-18-7-2-1-3-8-18/h1-3,7-8,16-17,19,28H,4-6,9-15H2/t19-/m1/s1. The molecule has 3 amide bonds. The predicted molar refractivity (Wildman–Crippen MR) is 103 cm³/mol. The number of nitrogens with zero attached hydrogens (tertiary/aromatic N) is 3. The molecule has 1 heterocycles. The van der Waals surface area contributed by atoms with Crippen LogP contribution in [0.5, 0.6) is 0 Å². The van der Waals surface area contributed by atoms with Crippen LogP contribution < -0.4 is 0 Å². The summed E-state index contributed by atoms with van der Waals surface area (Å²) in [6.07, 6.45) is 6.43. The van der Waals surface area contributed by atoms with Gasteiger partial charge in [0.2, 0.25) is 18.2 Å². The van der Waals surface area contributed by atoms with E-state index >= 15 is 0 Å². The Morgan fingerprint density at radius 3 is 2.46 bits per heavy atom. The van der Waals surface area contributed by atoms with E-state index in [-0.39, 0.29) is 24.8 Å². The van der Waals surface area contributed by atoms with Gasteiger partial charge in [0.25, 0.3) is 0 Å². The van der Waals surface area contributed by atoms with Crippen LogP contribution in [-0.2, 0) is 20.8 Å². The van der Waals surface area contributed by atoms with Gasteiger partial charge in [0.15, 0.2) is 0 Å². The van der Waals surface area contributed by atoms with Crippen LogP contribution in [0, 0.1) is 11.8 Å². The summed E-state index contributed by atoms with van der Waals surface area (Å²) in [5, 5.41) is 13.3. The van der Waals surface area contributed by atoms with E-state index in [1.807, 2.05) is 30.3 Å². The van der Waals surface area contributed by atoms with Gasteiger partial charge >= 0.3 is 0 Å². The minimum absolute atomic E-state index is 0.0317. The minimum Gasteiger partial charge on any atom is -0.286 e. The SMILES string of the molecule is O=CN(O)C[C@@H](CC1CCCC1)C(=O)N1CCCN1C(=O)Cc1ccccc1. The van der Waals surface area contributed by atoms with E-state index in [4.69, 9.17) is 0 Å². The Morgan fingerprint density at radius 1 is 1.11 bits per heavy atom. The number of hydroxylamine groups is 2. The highest BCUT2D eigenvalue weighted by Crippen LogP contribution is 2.32. The number of amides is 3. The zero-order chi connectivity index (χ0) is 19.9. The third-order valence-corrected chi connectivity index (χ3v) is 5.74. The van der Waals surface area contributed by atoms with Crippen LogP contribution in [-0.4, -0.2) is 58.1 Å². The van der Waals surface area contributed by atoms with E-state index in [9.17, 15) is 19.6 Å². The highest BCUT2D eigenvalue weighted by Gasteiger charge is 2.36. The number of hydrogen-bond acceptors (Lipinski definition) is 4. The van der Waals surface area contributed by atoms with Gasteiger partial charge in [-0.1, -0.05) is 56.0 Å². The number of benzene rings is 1. The Morgan fingerprint density at radius 2 is 1.79 bits per heavy atom. The Hall–Kier alpha value is -2.41. The first-order valence-corrected chi connectivity index (χ1v) is 10.1. The van der Waals surface area contributed by atoms with Crippen molar-refractivity contribution in [1.82, 2.24) is 15.1 Å². The molecule has 1 aromatic carbocycles. The van der Waals surface area contributed by atoms with Crippen molar-refractivity contribution < 1.29 is 19.6 Å². The second kappa shape index (κ2) is 9.68. The normalized spacial score (nSPS) is 18.3. The highest BCUT2D eigenvalue weighted by molar-refractivity contribution is 5.85. The first-order chi connectivity index (χ1) is 13.6. The Labute approximate surface area is 165 Å². The first-order valence-electron chi connectivity index (χ1n) is 10.1. The van der Waals surface area contributed by atoms with Gasteiger partial charge in [-0.3, -0.25) is 29.6 Å². The molecule has 3 rings (SSSR count). The average molecular weight is 387 g/mol. The van der Waals surface area contributed by atoms with E-state index in [1.54, 1.807) is 5.01 Å². The van der Waals surface area contributed by atoms with E-state index in [0.29, 0.717) is 36.9 Å². The van der Waals surface area contributed by atoms with Crippen molar-refractivity contribution in [1.29, 1.82) is 0 Å². The number of hydrazine groups is 1. The molecule has 1 N–H and O–H groups in total. The van der Waals surface area contributed by atoms with Crippen molar-refractivity contribution in [2.24, 2.45) is 11.8 Å². The Balaban J connectivity index is 1.68. The molecule has 7 heteroatoms. The molecule has 1 saturated heterocycles. The van der Waals surface area contributed by atoms with E-state index < -0.39 is 5.92 Å². The lowest BCUT2D eigenvalue weighted by Gasteiger charge is -2.32. The van der Waals surface area contributed by atoms with Crippen LogP contribution in [0.1, 0.15) is 44.1 Å². The monoisotopic (exact) mass is 387 g/mol. The maximum Gasteiger partial charge on any atom is 0.246 e. The lowest BCUT2D eigenvalue weighted by Crippen LogP contribution is -2.49. The van der Waals surface area contributed by atoms with Gasteiger partial charge in [0.05, 0.1) is 18.9 Å². The van der Waals surface area contributed by atoms with Gasteiger partial charge < -0.3 is 0 Å². The van der Waals surface area contributed by atoms with Crippen molar-refractivity contribution in [2.45, 2.75) is 44.9 Å². The molecule has 2 fully saturated rings. The second-order valence-corrected chi connectivity index (χ2v) is 7.80. The van der Waals surface area contributed by atoms with Crippen molar-refractivity contribution in [2.75, 3.05) is 19.6 Å². The number of carbonyl (C=O) groups is 3. The fourth-order valence-corrected chi connectivity index (χ4v) is 4.34. The molecule has 1 aromatic rings. The highest BCUT2D eigenvalue weighted by atomic mass is 16.5. The third kappa shape index (κ3) is 5.10. The van der Waals surface area contributed by atoms with Crippen LogP contribution in [0.15, 0.2) is 30.3 Å². The summed E-state index contributed by atoms with van der Waals surface area (Å²) in [4.78, 5) is 36.9. The Bertz CT molecular complexity index is 675. The molecule has 28 heavy (non-hydrogen) atoms. The maximum absolute atomic E-state index is 13.2. The molecular weight excluding hydrogens is 358 g/mol. The second-order valence-electron chi connectivity index (χ2n) is 7.80. The molecule has 0 unspecified atom stereocenters. The summed E-state index contributed by atoms with van der Waals surface area (Å²) in [6.45, 7) is 0.979. The van der Waals surface area contributed by atoms with Crippen molar-refractivity contribution in [3.05, 3.63) is 35.9 Å². The fourth-order valence-electron chi connectivity index (χ4n) is 4.34. The summed E-state index contributed by atoms with van der Waals surface area (Å²) in [5.41, 5.74) is 0.914. The molecule has 0 bridgehead atoms. The van der Waals surface area contributed by atoms with Crippen LogP contribution in [0.2, 0.25) is 0 Å². The molecule has 1 saturated carbocycles. The molecule has 7 nitrogen and oxygen atoms in total. The predicted octanol–water partition coefficient (Wildman–Crippen LogP) is 2.25. The zero-order valence-corrected chi connectivity index (χ0v) is 16.2. The number of hydrogen-bond donors (Lipinski definition) is 1. The van der Waals surface area contributed by atoms with Crippen LogP contribution >= 0.6 is 0 Å². The number of rotatable bonds is 8. The summed E-state index contributed by atoms with van der Waals surface area (Å²) in [6, 6.07) is 9.49. The lowest BCUT2D eigenvalue weighted by atomic mass is 9.92. The fraction of sp³-hybridized carbons (Fsp3) is 0.571. The maximum atomic E-state index is 13.2. The molecule has 0 aromatic heterocycles. The van der Waals surface area contributed by atoms with Crippen LogP contribution in [0.3, 0.4) is 0 Å². The van der Waals surface area contributed by atoms with Crippen LogP contribution in [0.4, 0.5) is 0 Å². The van der Waals surface area contributed by atoms with Gasteiger partial charge in [-0.2, -0.15) is 0 Å².